The molecule has 1 heterocycles. The van der Waals surface area contributed by atoms with Crippen molar-refractivity contribution in [3.63, 3.8) is 0 Å². The first-order valence-electron chi connectivity index (χ1n) is 6.76. The fourth-order valence-electron chi connectivity index (χ4n) is 2.48. The van der Waals surface area contributed by atoms with Crippen LogP contribution in [0.2, 0.25) is 0 Å². The summed E-state index contributed by atoms with van der Waals surface area (Å²) in [6.07, 6.45) is 1.19. The molecule has 0 saturated heterocycles. The summed E-state index contributed by atoms with van der Waals surface area (Å²) in [5.41, 5.74) is -0.233. The van der Waals surface area contributed by atoms with Gasteiger partial charge in [-0.1, -0.05) is 12.1 Å². The third kappa shape index (κ3) is 2.83. The number of carbonyl (C=O) groups is 1. The summed E-state index contributed by atoms with van der Waals surface area (Å²) in [5, 5.41) is 9.14. The molecule has 0 fully saturated rings. The van der Waals surface area contributed by atoms with Crippen LogP contribution < -0.4 is 5.43 Å². The summed E-state index contributed by atoms with van der Waals surface area (Å²) in [7, 11) is 0. The van der Waals surface area contributed by atoms with Gasteiger partial charge in [-0.05, 0) is 35.9 Å². The molecule has 0 bridgehead atoms. The van der Waals surface area contributed by atoms with E-state index in [0.29, 0.717) is 11.1 Å². The zero-order valence-electron chi connectivity index (χ0n) is 11.8. The molecule has 6 heteroatoms. The summed E-state index contributed by atoms with van der Waals surface area (Å²) < 4.78 is 28.2. The summed E-state index contributed by atoms with van der Waals surface area (Å²) in [6.45, 7) is 0.153. The number of rotatable bonds is 3. The predicted molar refractivity (Wildman–Crippen MR) is 80.6 cm³/mol. The second kappa shape index (κ2) is 5.64. The molecule has 116 valence electrons. The molecule has 3 aromatic rings. The number of benzene rings is 2. The first-order valence-corrected chi connectivity index (χ1v) is 6.76. The number of aromatic nitrogens is 1. The Labute approximate surface area is 129 Å². The van der Waals surface area contributed by atoms with Crippen molar-refractivity contribution < 1.29 is 18.7 Å². The first-order chi connectivity index (χ1) is 11.0. The van der Waals surface area contributed by atoms with E-state index in [1.165, 1.54) is 41.1 Å². The van der Waals surface area contributed by atoms with E-state index in [1.807, 2.05) is 0 Å². The Morgan fingerprint density at radius 2 is 1.83 bits per heavy atom. The second-order valence-electron chi connectivity index (χ2n) is 5.10. The fourth-order valence-corrected chi connectivity index (χ4v) is 2.48. The van der Waals surface area contributed by atoms with Gasteiger partial charge in [0.25, 0.3) is 0 Å². The average molecular weight is 315 g/mol. The summed E-state index contributed by atoms with van der Waals surface area (Å²) in [6, 6.07) is 9.41. The van der Waals surface area contributed by atoms with Crippen molar-refractivity contribution in [1.29, 1.82) is 0 Å². The van der Waals surface area contributed by atoms with Crippen LogP contribution in [0, 0.1) is 11.6 Å². The van der Waals surface area contributed by atoms with Gasteiger partial charge in [0.15, 0.2) is 0 Å². The highest BCUT2D eigenvalue weighted by atomic mass is 19.1. The maximum Gasteiger partial charge on any atom is 0.341 e. The molecule has 1 aromatic heterocycles. The van der Waals surface area contributed by atoms with E-state index in [1.54, 1.807) is 6.07 Å². The summed E-state index contributed by atoms with van der Waals surface area (Å²) >= 11 is 0. The molecule has 0 amide bonds. The van der Waals surface area contributed by atoms with E-state index >= 15 is 0 Å². The van der Waals surface area contributed by atoms with E-state index in [4.69, 9.17) is 5.11 Å². The predicted octanol–water partition coefficient (Wildman–Crippen LogP) is 3.03. The molecule has 0 aliphatic rings. The Balaban J connectivity index is 2.25. The highest BCUT2D eigenvalue weighted by molar-refractivity contribution is 5.92. The molecule has 0 unspecified atom stereocenters. The largest absolute Gasteiger partial charge is 0.477 e. The molecule has 0 saturated carbocycles. The normalized spacial score (nSPS) is 10.9. The van der Waals surface area contributed by atoms with Crippen LogP contribution in [0.25, 0.3) is 10.9 Å². The van der Waals surface area contributed by atoms with Gasteiger partial charge in [-0.2, -0.15) is 0 Å². The van der Waals surface area contributed by atoms with Crippen LogP contribution in [0.3, 0.4) is 0 Å². The van der Waals surface area contributed by atoms with Crippen molar-refractivity contribution in [3.8, 4) is 0 Å². The molecule has 0 aliphatic heterocycles. The zero-order valence-corrected chi connectivity index (χ0v) is 11.8. The Bertz CT molecular complexity index is 979. The number of pyridine rings is 1. The van der Waals surface area contributed by atoms with Gasteiger partial charge in [0.2, 0.25) is 5.43 Å². The fraction of sp³-hybridized carbons (Fsp3) is 0.0588. The van der Waals surface area contributed by atoms with Crippen molar-refractivity contribution in [3.05, 3.63) is 81.6 Å². The number of aromatic carboxylic acids is 1. The second-order valence-corrected chi connectivity index (χ2v) is 5.10. The van der Waals surface area contributed by atoms with Crippen LogP contribution in [0.4, 0.5) is 8.78 Å². The first kappa shape index (κ1) is 14.9. The Morgan fingerprint density at radius 3 is 2.52 bits per heavy atom. The molecule has 0 radical (unpaired) electrons. The van der Waals surface area contributed by atoms with Crippen LogP contribution in [-0.4, -0.2) is 15.6 Å². The lowest BCUT2D eigenvalue weighted by Gasteiger charge is -2.12. The van der Waals surface area contributed by atoms with Crippen LogP contribution in [0.5, 0.6) is 0 Å². The van der Waals surface area contributed by atoms with Gasteiger partial charge in [0.1, 0.15) is 17.2 Å². The zero-order chi connectivity index (χ0) is 16.6. The quantitative estimate of drug-likeness (QED) is 0.808. The minimum Gasteiger partial charge on any atom is -0.477 e. The number of carboxylic acids is 1. The van der Waals surface area contributed by atoms with Crippen molar-refractivity contribution in [2.24, 2.45) is 0 Å². The van der Waals surface area contributed by atoms with Crippen molar-refractivity contribution >= 4 is 16.9 Å². The minimum absolute atomic E-state index is 0.0266. The molecule has 1 N–H and O–H groups in total. The molecule has 3 rings (SSSR count). The monoisotopic (exact) mass is 315 g/mol. The van der Waals surface area contributed by atoms with Crippen LogP contribution in [0.1, 0.15) is 15.9 Å². The van der Waals surface area contributed by atoms with Gasteiger partial charge in [-0.15, -0.1) is 0 Å². The lowest BCUT2D eigenvalue weighted by molar-refractivity contribution is 0.0695. The number of hydrogen-bond donors (Lipinski definition) is 1. The SMILES string of the molecule is O=C(O)c1cn(Cc2cccc(F)c2)c2ccc(F)cc2c1=O. The number of hydrogen-bond acceptors (Lipinski definition) is 2. The standard InChI is InChI=1S/C17H11F2NO3/c18-11-3-1-2-10(6-11)8-20-9-14(17(22)23)16(21)13-7-12(19)4-5-15(13)20/h1-7,9H,8H2,(H,22,23). The average Bonchev–Trinajstić information content (AvgIpc) is 2.50. The number of nitrogens with zero attached hydrogens (tertiary/aromatic N) is 1. The molecule has 0 atom stereocenters. The lowest BCUT2D eigenvalue weighted by Crippen LogP contribution is -2.19. The molecule has 4 nitrogen and oxygen atoms in total. The molecular formula is C17H11F2NO3. The number of fused-ring (bicyclic) bond motifs is 1. The lowest BCUT2D eigenvalue weighted by atomic mass is 10.1. The highest BCUT2D eigenvalue weighted by Gasteiger charge is 2.15. The molecule has 23 heavy (non-hydrogen) atoms. The number of carboxylic acid groups (broad SMARTS) is 1. The van der Waals surface area contributed by atoms with Gasteiger partial charge < -0.3 is 9.67 Å². The molecule has 0 aliphatic carbocycles. The van der Waals surface area contributed by atoms with Crippen molar-refractivity contribution in [1.82, 2.24) is 4.57 Å². The summed E-state index contributed by atoms with van der Waals surface area (Å²) in [4.78, 5) is 23.4. The third-order valence-corrected chi connectivity index (χ3v) is 3.51. The smallest absolute Gasteiger partial charge is 0.341 e. The van der Waals surface area contributed by atoms with Crippen molar-refractivity contribution in [2.45, 2.75) is 6.54 Å². The minimum atomic E-state index is -1.39. The van der Waals surface area contributed by atoms with Gasteiger partial charge in [-0.3, -0.25) is 4.79 Å². The topological polar surface area (TPSA) is 59.3 Å². The molecular weight excluding hydrogens is 304 g/mol. The van der Waals surface area contributed by atoms with E-state index in [-0.39, 0.29) is 11.9 Å². The van der Waals surface area contributed by atoms with E-state index in [0.717, 1.165) is 6.07 Å². The molecule has 2 aromatic carbocycles. The van der Waals surface area contributed by atoms with Crippen molar-refractivity contribution in [2.75, 3.05) is 0 Å². The Kier molecular flexibility index (Phi) is 3.65. The Hall–Kier alpha value is -3.02. The Morgan fingerprint density at radius 1 is 1.09 bits per heavy atom. The van der Waals surface area contributed by atoms with E-state index in [2.05, 4.69) is 0 Å². The van der Waals surface area contributed by atoms with Gasteiger partial charge in [0.05, 0.1) is 5.52 Å². The summed E-state index contributed by atoms with van der Waals surface area (Å²) in [5.74, 6) is -2.44. The molecule has 0 spiro atoms. The highest BCUT2D eigenvalue weighted by Crippen LogP contribution is 2.16. The third-order valence-electron chi connectivity index (χ3n) is 3.51. The van der Waals surface area contributed by atoms with Gasteiger partial charge >= 0.3 is 5.97 Å². The number of halogens is 2. The van der Waals surface area contributed by atoms with Gasteiger partial charge in [-0.25, -0.2) is 13.6 Å². The van der Waals surface area contributed by atoms with Gasteiger partial charge in [0, 0.05) is 18.1 Å². The van der Waals surface area contributed by atoms with E-state index in [9.17, 15) is 18.4 Å². The maximum atomic E-state index is 13.4. The van der Waals surface area contributed by atoms with Crippen LogP contribution >= 0.6 is 0 Å². The van der Waals surface area contributed by atoms with E-state index < -0.39 is 28.6 Å². The van der Waals surface area contributed by atoms with Crippen LogP contribution in [0.15, 0.2) is 53.5 Å². The maximum absolute atomic E-state index is 13.4. The van der Waals surface area contributed by atoms with Crippen LogP contribution in [-0.2, 0) is 6.54 Å².